The number of aryl methyl sites for hydroxylation is 1. The molecule has 0 aromatic heterocycles. The van der Waals surface area contributed by atoms with E-state index in [1.165, 1.54) is 0 Å². The average molecular weight is 207 g/mol. The number of benzene rings is 1. The molecule has 0 unspecified atom stereocenters. The van der Waals surface area contributed by atoms with Crippen molar-refractivity contribution in [2.45, 2.75) is 32.7 Å². The first-order chi connectivity index (χ1) is 6.97. The van der Waals surface area contributed by atoms with E-state index in [1.54, 1.807) is 13.8 Å². The molecule has 0 bridgehead atoms. The van der Waals surface area contributed by atoms with Crippen molar-refractivity contribution in [1.82, 2.24) is 0 Å². The molecule has 0 saturated carbocycles. The van der Waals surface area contributed by atoms with Crippen LogP contribution < -0.4 is 5.32 Å². The molecule has 0 amide bonds. The van der Waals surface area contributed by atoms with Crippen LogP contribution in [0.3, 0.4) is 0 Å². The third kappa shape index (κ3) is 2.72. The van der Waals surface area contributed by atoms with Crippen LogP contribution in [0, 0.1) is 0 Å². The second-order valence-electron chi connectivity index (χ2n) is 4.07. The van der Waals surface area contributed by atoms with Gasteiger partial charge in [0.25, 0.3) is 0 Å². The minimum Gasteiger partial charge on any atom is -0.480 e. The van der Waals surface area contributed by atoms with Crippen LogP contribution in [0.15, 0.2) is 24.3 Å². The van der Waals surface area contributed by atoms with Crippen molar-refractivity contribution in [3.8, 4) is 0 Å². The average Bonchev–Trinajstić information content (AvgIpc) is 2.18. The summed E-state index contributed by atoms with van der Waals surface area (Å²) in [6.07, 6.45) is 0.888. The van der Waals surface area contributed by atoms with E-state index in [0.717, 1.165) is 17.7 Å². The van der Waals surface area contributed by atoms with Crippen LogP contribution in [0.5, 0.6) is 0 Å². The molecule has 0 spiro atoms. The van der Waals surface area contributed by atoms with Crippen molar-refractivity contribution < 1.29 is 9.90 Å². The van der Waals surface area contributed by atoms with Crippen LogP contribution in [0.25, 0.3) is 0 Å². The van der Waals surface area contributed by atoms with Crippen molar-refractivity contribution in [2.75, 3.05) is 5.32 Å². The SMILES string of the molecule is CCc1ccccc1NC(C)(C)C(=O)O. The molecular weight excluding hydrogens is 190 g/mol. The minimum atomic E-state index is -0.939. The Bertz CT molecular complexity index is 358. The summed E-state index contributed by atoms with van der Waals surface area (Å²) in [5, 5.41) is 12.0. The predicted molar refractivity (Wildman–Crippen MR) is 61.2 cm³/mol. The van der Waals surface area contributed by atoms with E-state index in [1.807, 2.05) is 31.2 Å². The van der Waals surface area contributed by atoms with Gasteiger partial charge in [0, 0.05) is 5.69 Å². The van der Waals surface area contributed by atoms with Gasteiger partial charge in [0.2, 0.25) is 0 Å². The first-order valence-corrected chi connectivity index (χ1v) is 5.07. The summed E-state index contributed by atoms with van der Waals surface area (Å²) in [5.41, 5.74) is 1.09. The van der Waals surface area contributed by atoms with Gasteiger partial charge in [0.1, 0.15) is 5.54 Å². The van der Waals surface area contributed by atoms with Crippen molar-refractivity contribution >= 4 is 11.7 Å². The Morgan fingerprint density at radius 2 is 2.00 bits per heavy atom. The predicted octanol–water partition coefficient (Wildman–Crippen LogP) is 2.52. The van der Waals surface area contributed by atoms with Crippen LogP contribution in [0.4, 0.5) is 5.69 Å². The molecule has 0 aliphatic carbocycles. The zero-order chi connectivity index (χ0) is 11.5. The molecule has 2 N–H and O–H groups in total. The van der Waals surface area contributed by atoms with Crippen molar-refractivity contribution in [2.24, 2.45) is 0 Å². The third-order valence-corrected chi connectivity index (χ3v) is 2.38. The molecule has 1 aromatic rings. The number of rotatable bonds is 4. The zero-order valence-corrected chi connectivity index (χ0v) is 9.37. The molecule has 0 radical (unpaired) electrons. The fourth-order valence-corrected chi connectivity index (χ4v) is 1.34. The number of hydrogen-bond donors (Lipinski definition) is 2. The van der Waals surface area contributed by atoms with E-state index in [0.29, 0.717) is 0 Å². The van der Waals surface area contributed by atoms with Crippen LogP contribution in [0.2, 0.25) is 0 Å². The topological polar surface area (TPSA) is 49.3 Å². The van der Waals surface area contributed by atoms with Gasteiger partial charge in [-0.05, 0) is 31.9 Å². The second kappa shape index (κ2) is 4.34. The van der Waals surface area contributed by atoms with Gasteiger partial charge < -0.3 is 10.4 Å². The monoisotopic (exact) mass is 207 g/mol. The molecule has 0 fully saturated rings. The van der Waals surface area contributed by atoms with Gasteiger partial charge in [-0.2, -0.15) is 0 Å². The maximum absolute atomic E-state index is 11.0. The molecule has 1 aromatic carbocycles. The summed E-state index contributed by atoms with van der Waals surface area (Å²) < 4.78 is 0. The van der Waals surface area contributed by atoms with Gasteiger partial charge in [-0.3, -0.25) is 0 Å². The van der Waals surface area contributed by atoms with Gasteiger partial charge >= 0.3 is 5.97 Å². The van der Waals surface area contributed by atoms with E-state index < -0.39 is 11.5 Å². The Hall–Kier alpha value is -1.51. The van der Waals surface area contributed by atoms with Gasteiger partial charge in [0.15, 0.2) is 0 Å². The summed E-state index contributed by atoms with van der Waals surface area (Å²) in [5.74, 6) is -0.853. The molecule has 0 aliphatic rings. The highest BCUT2D eigenvalue weighted by molar-refractivity contribution is 5.82. The fraction of sp³-hybridized carbons (Fsp3) is 0.417. The van der Waals surface area contributed by atoms with Gasteiger partial charge in [-0.15, -0.1) is 0 Å². The van der Waals surface area contributed by atoms with E-state index in [4.69, 9.17) is 5.11 Å². The molecular formula is C12H17NO2. The molecule has 3 nitrogen and oxygen atoms in total. The lowest BCUT2D eigenvalue weighted by atomic mass is 10.0. The quantitative estimate of drug-likeness (QED) is 0.797. The largest absolute Gasteiger partial charge is 0.480 e. The number of aliphatic carboxylic acids is 1. The van der Waals surface area contributed by atoms with Gasteiger partial charge in [-0.25, -0.2) is 4.79 Å². The van der Waals surface area contributed by atoms with E-state index >= 15 is 0 Å². The summed E-state index contributed by atoms with van der Waals surface area (Å²) in [6, 6.07) is 7.76. The highest BCUT2D eigenvalue weighted by Crippen LogP contribution is 2.20. The zero-order valence-electron chi connectivity index (χ0n) is 9.37. The number of anilines is 1. The van der Waals surface area contributed by atoms with E-state index in [2.05, 4.69) is 5.32 Å². The van der Waals surface area contributed by atoms with Crippen molar-refractivity contribution in [1.29, 1.82) is 0 Å². The number of para-hydroxylation sites is 1. The second-order valence-corrected chi connectivity index (χ2v) is 4.07. The summed E-state index contributed by atoms with van der Waals surface area (Å²) >= 11 is 0. The first kappa shape index (κ1) is 11.6. The van der Waals surface area contributed by atoms with E-state index in [9.17, 15) is 4.79 Å². The summed E-state index contributed by atoms with van der Waals surface area (Å²) in [6.45, 7) is 5.36. The highest BCUT2D eigenvalue weighted by atomic mass is 16.4. The lowest BCUT2D eigenvalue weighted by Gasteiger charge is -2.24. The molecule has 0 aliphatic heterocycles. The Morgan fingerprint density at radius 3 is 2.53 bits per heavy atom. The minimum absolute atomic E-state index is 0.853. The number of hydrogen-bond acceptors (Lipinski definition) is 2. The Labute approximate surface area is 90.1 Å². The Morgan fingerprint density at radius 1 is 1.40 bits per heavy atom. The van der Waals surface area contributed by atoms with Gasteiger partial charge in [-0.1, -0.05) is 25.1 Å². The Balaban J connectivity index is 2.94. The normalized spacial score (nSPS) is 11.1. The number of nitrogens with one attached hydrogen (secondary N) is 1. The van der Waals surface area contributed by atoms with Crippen LogP contribution in [-0.2, 0) is 11.2 Å². The highest BCUT2D eigenvalue weighted by Gasteiger charge is 2.26. The van der Waals surface area contributed by atoms with Crippen molar-refractivity contribution in [3.05, 3.63) is 29.8 Å². The number of carboxylic acids is 1. The Kier molecular flexibility index (Phi) is 3.35. The van der Waals surface area contributed by atoms with Crippen LogP contribution in [0.1, 0.15) is 26.3 Å². The molecule has 1 rings (SSSR count). The van der Waals surface area contributed by atoms with E-state index in [-0.39, 0.29) is 0 Å². The molecule has 0 saturated heterocycles. The smallest absolute Gasteiger partial charge is 0.328 e. The van der Waals surface area contributed by atoms with Crippen molar-refractivity contribution in [3.63, 3.8) is 0 Å². The molecule has 0 atom stereocenters. The van der Waals surface area contributed by atoms with Gasteiger partial charge in [0.05, 0.1) is 0 Å². The number of carbonyl (C=O) groups is 1. The fourth-order valence-electron chi connectivity index (χ4n) is 1.34. The standard InChI is InChI=1S/C12H17NO2/c1-4-9-7-5-6-8-10(9)13-12(2,3)11(14)15/h5-8,13H,4H2,1-3H3,(H,14,15). The number of carboxylic acid groups (broad SMARTS) is 1. The molecule has 3 heteroatoms. The summed E-state index contributed by atoms with van der Waals surface area (Å²) in [4.78, 5) is 11.0. The lowest BCUT2D eigenvalue weighted by Crippen LogP contribution is -2.40. The van der Waals surface area contributed by atoms with Crippen LogP contribution in [-0.4, -0.2) is 16.6 Å². The molecule has 82 valence electrons. The third-order valence-electron chi connectivity index (χ3n) is 2.38. The van der Waals surface area contributed by atoms with Crippen LogP contribution >= 0.6 is 0 Å². The first-order valence-electron chi connectivity index (χ1n) is 5.07. The summed E-state index contributed by atoms with van der Waals surface area (Å²) in [7, 11) is 0. The lowest BCUT2D eigenvalue weighted by molar-refractivity contribution is -0.141. The maximum atomic E-state index is 11.0. The maximum Gasteiger partial charge on any atom is 0.328 e. The molecule has 15 heavy (non-hydrogen) atoms. The molecule has 0 heterocycles.